The standard InChI is InChI=1S/C24H28N4O5/c1-6-7-19(29)32-21-18(31-5)12-13-25-20(21)22(30)26-15(4)23-27-28-24(33-23)17-10-8-16(9-11-17)14(2)3/h8-15H,6-7H2,1-5H3,(H,26,30)/t15-/m0/s1. The Hall–Kier alpha value is -3.75. The molecule has 0 fully saturated rings. The van der Waals surface area contributed by atoms with E-state index in [-0.39, 0.29) is 29.5 Å². The fourth-order valence-corrected chi connectivity index (χ4v) is 3.08. The molecule has 174 valence electrons. The average Bonchev–Trinajstić information content (AvgIpc) is 3.30. The number of esters is 1. The number of ether oxygens (including phenoxy) is 2. The van der Waals surface area contributed by atoms with E-state index < -0.39 is 17.9 Å². The van der Waals surface area contributed by atoms with Crippen molar-refractivity contribution in [3.8, 4) is 23.0 Å². The lowest BCUT2D eigenvalue weighted by atomic mass is 10.0. The van der Waals surface area contributed by atoms with Crippen LogP contribution in [0.25, 0.3) is 11.5 Å². The molecule has 3 rings (SSSR count). The number of rotatable bonds is 9. The Labute approximate surface area is 192 Å². The maximum atomic E-state index is 12.9. The van der Waals surface area contributed by atoms with Gasteiger partial charge in [0.2, 0.25) is 17.5 Å². The van der Waals surface area contributed by atoms with Gasteiger partial charge in [0.1, 0.15) is 6.04 Å². The minimum absolute atomic E-state index is 0.0281. The van der Waals surface area contributed by atoms with Crippen LogP contribution in [0.3, 0.4) is 0 Å². The molecule has 1 atom stereocenters. The molecular weight excluding hydrogens is 424 g/mol. The van der Waals surface area contributed by atoms with E-state index in [2.05, 4.69) is 34.3 Å². The molecule has 0 aliphatic heterocycles. The summed E-state index contributed by atoms with van der Waals surface area (Å²) in [5.41, 5.74) is 1.92. The molecule has 0 aliphatic carbocycles. The number of nitrogens with zero attached hydrogens (tertiary/aromatic N) is 3. The second-order valence-corrected chi connectivity index (χ2v) is 7.83. The maximum absolute atomic E-state index is 12.9. The fraction of sp³-hybridized carbons (Fsp3) is 0.375. The molecule has 33 heavy (non-hydrogen) atoms. The van der Waals surface area contributed by atoms with Crippen molar-refractivity contribution in [1.29, 1.82) is 0 Å². The van der Waals surface area contributed by atoms with Crippen LogP contribution in [-0.4, -0.2) is 34.2 Å². The third-order valence-electron chi connectivity index (χ3n) is 4.96. The van der Waals surface area contributed by atoms with Gasteiger partial charge >= 0.3 is 5.97 Å². The summed E-state index contributed by atoms with van der Waals surface area (Å²) >= 11 is 0. The van der Waals surface area contributed by atoms with Crippen molar-refractivity contribution in [3.63, 3.8) is 0 Å². The van der Waals surface area contributed by atoms with Crippen molar-refractivity contribution in [2.75, 3.05) is 7.11 Å². The molecule has 9 nitrogen and oxygen atoms in total. The molecule has 1 aromatic carbocycles. The first-order valence-corrected chi connectivity index (χ1v) is 10.8. The minimum Gasteiger partial charge on any atom is -0.493 e. The Morgan fingerprint density at radius 2 is 1.82 bits per heavy atom. The number of pyridine rings is 1. The van der Waals surface area contributed by atoms with Crippen LogP contribution >= 0.6 is 0 Å². The summed E-state index contributed by atoms with van der Waals surface area (Å²) in [6, 6.07) is 8.79. The highest BCUT2D eigenvalue weighted by atomic mass is 16.6. The summed E-state index contributed by atoms with van der Waals surface area (Å²) in [7, 11) is 1.42. The van der Waals surface area contributed by atoms with E-state index in [1.807, 2.05) is 31.2 Å². The molecule has 0 unspecified atom stereocenters. The number of hydrogen-bond acceptors (Lipinski definition) is 8. The van der Waals surface area contributed by atoms with Crippen molar-refractivity contribution in [1.82, 2.24) is 20.5 Å². The number of hydrogen-bond donors (Lipinski definition) is 1. The van der Waals surface area contributed by atoms with Crippen molar-refractivity contribution in [2.24, 2.45) is 0 Å². The van der Waals surface area contributed by atoms with Crippen LogP contribution in [0.4, 0.5) is 0 Å². The Morgan fingerprint density at radius 3 is 2.45 bits per heavy atom. The number of nitrogens with one attached hydrogen (secondary N) is 1. The van der Waals surface area contributed by atoms with Gasteiger partial charge in [-0.05, 0) is 37.0 Å². The molecule has 1 amide bonds. The lowest BCUT2D eigenvalue weighted by Crippen LogP contribution is -2.28. The highest BCUT2D eigenvalue weighted by molar-refractivity contribution is 5.96. The summed E-state index contributed by atoms with van der Waals surface area (Å²) in [4.78, 5) is 29.0. The van der Waals surface area contributed by atoms with E-state index in [1.54, 1.807) is 6.92 Å². The Morgan fingerprint density at radius 1 is 1.09 bits per heavy atom. The smallest absolute Gasteiger partial charge is 0.311 e. The molecule has 3 aromatic rings. The van der Waals surface area contributed by atoms with Crippen LogP contribution in [0.1, 0.15) is 74.4 Å². The first-order chi connectivity index (χ1) is 15.8. The minimum atomic E-state index is -0.610. The summed E-state index contributed by atoms with van der Waals surface area (Å²) in [6.45, 7) is 7.81. The summed E-state index contributed by atoms with van der Waals surface area (Å²) in [5.74, 6) is 0.173. The molecule has 0 radical (unpaired) electrons. The van der Waals surface area contributed by atoms with Gasteiger partial charge in [0, 0.05) is 24.2 Å². The average molecular weight is 453 g/mol. The zero-order chi connectivity index (χ0) is 24.0. The van der Waals surface area contributed by atoms with E-state index in [0.29, 0.717) is 18.2 Å². The Bertz CT molecular complexity index is 1110. The molecular formula is C24H28N4O5. The van der Waals surface area contributed by atoms with Crippen molar-refractivity contribution in [3.05, 3.63) is 53.7 Å². The van der Waals surface area contributed by atoms with Crippen molar-refractivity contribution >= 4 is 11.9 Å². The predicted octanol–water partition coefficient (Wildman–Crippen LogP) is 4.46. The lowest BCUT2D eigenvalue weighted by Gasteiger charge is -2.14. The number of carbonyl (C=O) groups excluding carboxylic acids is 2. The fourth-order valence-electron chi connectivity index (χ4n) is 3.08. The molecule has 0 spiro atoms. The number of methoxy groups -OCH3 is 1. The lowest BCUT2D eigenvalue weighted by molar-refractivity contribution is -0.134. The summed E-state index contributed by atoms with van der Waals surface area (Å²) < 4.78 is 16.4. The van der Waals surface area contributed by atoms with Crippen molar-refractivity contribution < 1.29 is 23.5 Å². The first kappa shape index (κ1) is 23.9. The molecule has 0 saturated heterocycles. The van der Waals surface area contributed by atoms with Crippen LogP contribution in [-0.2, 0) is 4.79 Å². The molecule has 0 aliphatic rings. The zero-order valence-corrected chi connectivity index (χ0v) is 19.4. The summed E-state index contributed by atoms with van der Waals surface area (Å²) in [5, 5.41) is 10.9. The van der Waals surface area contributed by atoms with Gasteiger partial charge in [-0.3, -0.25) is 9.59 Å². The Kier molecular flexibility index (Phi) is 7.76. The molecule has 2 heterocycles. The molecule has 2 aromatic heterocycles. The second kappa shape index (κ2) is 10.7. The van der Waals surface area contributed by atoms with Gasteiger partial charge in [0.25, 0.3) is 5.91 Å². The van der Waals surface area contributed by atoms with E-state index in [9.17, 15) is 9.59 Å². The monoisotopic (exact) mass is 452 g/mol. The number of carbonyl (C=O) groups is 2. The van der Waals surface area contributed by atoms with Gasteiger partial charge in [-0.15, -0.1) is 10.2 Å². The Balaban J connectivity index is 1.77. The normalized spacial score (nSPS) is 11.8. The van der Waals surface area contributed by atoms with Gasteiger partial charge in [-0.25, -0.2) is 4.98 Å². The molecule has 0 saturated carbocycles. The quantitative estimate of drug-likeness (QED) is 0.473. The largest absolute Gasteiger partial charge is 0.493 e. The van der Waals surface area contributed by atoms with Crippen LogP contribution in [0.15, 0.2) is 40.9 Å². The maximum Gasteiger partial charge on any atom is 0.311 e. The number of benzene rings is 1. The number of aromatic nitrogens is 3. The van der Waals surface area contributed by atoms with Crippen molar-refractivity contribution in [2.45, 2.75) is 52.5 Å². The van der Waals surface area contributed by atoms with E-state index in [1.165, 1.54) is 24.9 Å². The van der Waals surface area contributed by atoms with Crippen LogP contribution < -0.4 is 14.8 Å². The molecule has 1 N–H and O–H groups in total. The first-order valence-electron chi connectivity index (χ1n) is 10.8. The van der Waals surface area contributed by atoms with Crippen LogP contribution in [0, 0.1) is 0 Å². The van der Waals surface area contributed by atoms with Gasteiger partial charge < -0.3 is 19.2 Å². The van der Waals surface area contributed by atoms with E-state index >= 15 is 0 Å². The zero-order valence-electron chi connectivity index (χ0n) is 19.4. The van der Waals surface area contributed by atoms with Gasteiger partial charge in [-0.1, -0.05) is 32.9 Å². The topological polar surface area (TPSA) is 116 Å². The molecule has 9 heteroatoms. The predicted molar refractivity (Wildman–Crippen MR) is 121 cm³/mol. The van der Waals surface area contributed by atoms with Gasteiger partial charge in [0.15, 0.2) is 11.4 Å². The SMILES string of the molecule is CCCC(=O)Oc1c(OC)ccnc1C(=O)N[C@@H](C)c1nnc(-c2ccc(C(C)C)cc2)o1. The molecule has 0 bridgehead atoms. The van der Waals surface area contributed by atoms with Crippen LogP contribution in [0.2, 0.25) is 0 Å². The third kappa shape index (κ3) is 5.74. The van der Waals surface area contributed by atoms with E-state index in [4.69, 9.17) is 13.9 Å². The van der Waals surface area contributed by atoms with Crippen LogP contribution in [0.5, 0.6) is 11.5 Å². The van der Waals surface area contributed by atoms with Gasteiger partial charge in [0.05, 0.1) is 7.11 Å². The number of amides is 1. The third-order valence-corrected chi connectivity index (χ3v) is 4.96. The van der Waals surface area contributed by atoms with Gasteiger partial charge in [-0.2, -0.15) is 0 Å². The highest BCUT2D eigenvalue weighted by Crippen LogP contribution is 2.30. The summed E-state index contributed by atoms with van der Waals surface area (Å²) in [6.07, 6.45) is 2.22. The van der Waals surface area contributed by atoms with E-state index in [0.717, 1.165) is 5.56 Å². The second-order valence-electron chi connectivity index (χ2n) is 7.83. The highest BCUT2D eigenvalue weighted by Gasteiger charge is 2.24.